The van der Waals surface area contributed by atoms with Gasteiger partial charge in [-0.3, -0.25) is 0 Å². The summed E-state index contributed by atoms with van der Waals surface area (Å²) in [6.45, 7) is 5.39. The van der Waals surface area contributed by atoms with Gasteiger partial charge in [-0.2, -0.15) is 0 Å². The van der Waals surface area contributed by atoms with E-state index in [9.17, 15) is 29.4 Å². The molecule has 2 unspecified atom stereocenters. The number of carbonyl (C=O) groups excluding carboxylic acids is 2. The van der Waals surface area contributed by atoms with Crippen LogP contribution in [0.4, 0.5) is 0 Å². The van der Waals surface area contributed by atoms with Gasteiger partial charge in [-0.05, 0) is 0 Å². The van der Waals surface area contributed by atoms with Crippen molar-refractivity contribution in [2.75, 3.05) is 0 Å². The zero-order valence-corrected chi connectivity index (χ0v) is 14.3. The van der Waals surface area contributed by atoms with Crippen molar-refractivity contribution in [1.29, 1.82) is 0 Å². The first-order valence-electron chi connectivity index (χ1n) is 5.89. The third-order valence-corrected chi connectivity index (χ3v) is 11.1. The van der Waals surface area contributed by atoms with E-state index in [1.807, 2.05) is 0 Å². The maximum atomic E-state index is 11.7. The third-order valence-electron chi connectivity index (χ3n) is 3.42. The third kappa shape index (κ3) is 3.16. The molecule has 0 aromatic heterocycles. The van der Waals surface area contributed by atoms with Crippen LogP contribution in [-0.4, -0.2) is 54.9 Å². The van der Waals surface area contributed by atoms with Crippen molar-refractivity contribution in [3.63, 3.8) is 0 Å². The summed E-state index contributed by atoms with van der Waals surface area (Å²) >= 11 is -2.41. The summed E-state index contributed by atoms with van der Waals surface area (Å²) < 4.78 is -3.33. The minimum atomic E-state index is -2.41. The number of aliphatic carboxylic acids is 2. The van der Waals surface area contributed by atoms with Gasteiger partial charge in [0.2, 0.25) is 0 Å². The van der Waals surface area contributed by atoms with Gasteiger partial charge in [-0.1, -0.05) is 0 Å². The molecular formula is C12H18O6Sn. The molecule has 7 heteroatoms. The Kier molecular flexibility index (Phi) is 6.18. The van der Waals surface area contributed by atoms with E-state index in [1.54, 1.807) is 13.8 Å². The molecule has 0 saturated carbocycles. The summed E-state index contributed by atoms with van der Waals surface area (Å²) in [5.74, 6) is -3.74. The van der Waals surface area contributed by atoms with Gasteiger partial charge in [-0.15, -0.1) is 0 Å². The fraction of sp³-hybridized carbons (Fsp3) is 0.667. The molecule has 0 bridgehead atoms. The Morgan fingerprint density at radius 1 is 0.842 bits per heavy atom. The molecule has 0 aliphatic carbocycles. The number of hydrogen-bond donors (Lipinski definition) is 2. The Balaban J connectivity index is 5.91. The molecule has 0 aliphatic rings. The van der Waals surface area contributed by atoms with Crippen LogP contribution in [0.3, 0.4) is 0 Å². The fourth-order valence-electron chi connectivity index (χ4n) is 1.93. The van der Waals surface area contributed by atoms with Crippen LogP contribution in [-0.2, 0) is 19.2 Å². The van der Waals surface area contributed by atoms with Crippen LogP contribution in [0.25, 0.3) is 0 Å². The van der Waals surface area contributed by atoms with Crippen LogP contribution < -0.4 is 0 Å². The average molecular weight is 377 g/mol. The van der Waals surface area contributed by atoms with Crippen molar-refractivity contribution < 1.29 is 29.4 Å². The summed E-state index contributed by atoms with van der Waals surface area (Å²) in [5.41, 5.74) is 0. The monoisotopic (exact) mass is 378 g/mol. The van der Waals surface area contributed by atoms with Crippen LogP contribution in [0.15, 0.2) is 0 Å². The second-order valence-electron chi connectivity index (χ2n) is 4.37. The standard InChI is InChI=1S/2C6H9O3.Sn/c2*1-3-5(4(2)7)6(8)9;/h2*3H2,1-2H3,(H,8,9);. The predicted octanol–water partition coefficient (Wildman–Crippen LogP) is 1.18. The van der Waals surface area contributed by atoms with E-state index in [4.69, 9.17) is 0 Å². The van der Waals surface area contributed by atoms with E-state index in [0.29, 0.717) is 0 Å². The Morgan fingerprint density at radius 2 is 1.11 bits per heavy atom. The molecule has 0 aliphatic heterocycles. The number of Topliss-reactive ketones (excluding diaryl/α,β-unsaturated/α-hetero) is 2. The van der Waals surface area contributed by atoms with Crippen molar-refractivity contribution in [2.24, 2.45) is 0 Å². The van der Waals surface area contributed by atoms with Crippen molar-refractivity contribution in [3.8, 4) is 0 Å². The zero-order valence-electron chi connectivity index (χ0n) is 11.4. The van der Waals surface area contributed by atoms with Gasteiger partial charge < -0.3 is 0 Å². The van der Waals surface area contributed by atoms with Crippen molar-refractivity contribution in [3.05, 3.63) is 0 Å². The van der Waals surface area contributed by atoms with E-state index >= 15 is 0 Å². The Hall–Kier alpha value is -0.921. The molecule has 2 atom stereocenters. The molecule has 0 fully saturated rings. The minimum absolute atomic E-state index is 0.0200. The summed E-state index contributed by atoms with van der Waals surface area (Å²) in [7, 11) is 0. The quantitative estimate of drug-likeness (QED) is 0.486. The second-order valence-corrected chi connectivity index (χ2v) is 9.95. The van der Waals surface area contributed by atoms with Gasteiger partial charge in [-0.25, -0.2) is 0 Å². The number of carbonyl (C=O) groups is 4. The van der Waals surface area contributed by atoms with Crippen LogP contribution >= 0.6 is 0 Å². The Labute approximate surface area is 121 Å². The Morgan fingerprint density at radius 3 is 1.21 bits per heavy atom. The van der Waals surface area contributed by atoms with E-state index in [2.05, 4.69) is 0 Å². The molecule has 19 heavy (non-hydrogen) atoms. The van der Waals surface area contributed by atoms with Gasteiger partial charge in [0.15, 0.2) is 0 Å². The van der Waals surface area contributed by atoms with Crippen molar-refractivity contribution in [2.45, 2.75) is 47.4 Å². The van der Waals surface area contributed by atoms with Gasteiger partial charge in [0.25, 0.3) is 0 Å². The predicted molar refractivity (Wildman–Crippen MR) is 68.4 cm³/mol. The molecular weight excluding hydrogens is 359 g/mol. The molecule has 0 rings (SSSR count). The zero-order chi connectivity index (χ0) is 15.4. The van der Waals surface area contributed by atoms with Crippen LogP contribution in [0.1, 0.15) is 40.5 Å². The SMILES string of the molecule is CC[C]([Sn][C](CC)(C(C)=O)C(=O)O)(C(C)=O)C(=O)O. The van der Waals surface area contributed by atoms with E-state index in [0.717, 1.165) is 13.8 Å². The van der Waals surface area contributed by atoms with E-state index in [1.165, 1.54) is 0 Å². The van der Waals surface area contributed by atoms with Gasteiger partial charge in [0, 0.05) is 0 Å². The molecule has 0 saturated heterocycles. The van der Waals surface area contributed by atoms with Crippen LogP contribution in [0.5, 0.6) is 0 Å². The van der Waals surface area contributed by atoms with E-state index in [-0.39, 0.29) is 12.8 Å². The summed E-state index contributed by atoms with van der Waals surface area (Å²) in [4.78, 5) is 46.4. The normalized spacial score (nSPS) is 17.1. The van der Waals surface area contributed by atoms with E-state index < -0.39 is 51.5 Å². The first kappa shape index (κ1) is 18.1. The molecule has 6 nitrogen and oxygen atoms in total. The number of carboxylic acid groups (broad SMARTS) is 2. The molecule has 0 aromatic rings. The summed E-state index contributed by atoms with van der Waals surface area (Å²) in [6, 6.07) is 0. The molecule has 106 valence electrons. The van der Waals surface area contributed by atoms with Gasteiger partial charge in [0.1, 0.15) is 0 Å². The molecule has 0 spiro atoms. The second kappa shape index (κ2) is 6.49. The fourth-order valence-corrected chi connectivity index (χ4v) is 6.63. The summed E-state index contributed by atoms with van der Waals surface area (Å²) in [5, 5.41) is 18.7. The molecule has 2 radical (unpaired) electrons. The molecule has 0 amide bonds. The Bertz CT molecular complexity index is 348. The molecule has 2 N–H and O–H groups in total. The van der Waals surface area contributed by atoms with Gasteiger partial charge in [0.05, 0.1) is 0 Å². The number of carboxylic acids is 2. The first-order chi connectivity index (χ1) is 8.60. The van der Waals surface area contributed by atoms with Crippen LogP contribution in [0.2, 0.25) is 6.86 Å². The van der Waals surface area contributed by atoms with Crippen molar-refractivity contribution in [1.82, 2.24) is 0 Å². The maximum absolute atomic E-state index is 11.7. The van der Waals surface area contributed by atoms with Gasteiger partial charge >= 0.3 is 121 Å². The molecule has 0 heterocycles. The first-order valence-corrected chi connectivity index (χ1v) is 8.74. The van der Waals surface area contributed by atoms with Crippen LogP contribution in [0, 0.1) is 0 Å². The summed E-state index contributed by atoms with van der Waals surface area (Å²) in [6.07, 6.45) is 0.0400. The molecule has 0 aromatic carbocycles. The average Bonchev–Trinajstić information content (AvgIpc) is 2.29. The topological polar surface area (TPSA) is 109 Å². The number of ketones is 2. The van der Waals surface area contributed by atoms with Crippen molar-refractivity contribution >= 4 is 44.6 Å². The number of hydrogen-bond acceptors (Lipinski definition) is 4. The number of rotatable bonds is 8.